The Morgan fingerprint density at radius 1 is 1.31 bits per heavy atom. The van der Waals surface area contributed by atoms with Gasteiger partial charge >= 0.3 is 5.97 Å². The number of rotatable bonds is 4. The molecular formula is C18H22ClN3O3S. The molecule has 1 aliphatic carbocycles. The molecule has 0 radical (unpaired) electrons. The lowest BCUT2D eigenvalue weighted by Crippen LogP contribution is -2.19. The molecule has 6 nitrogen and oxygen atoms in total. The van der Waals surface area contributed by atoms with Gasteiger partial charge in [0.25, 0.3) is 5.91 Å². The Labute approximate surface area is 161 Å². The minimum atomic E-state index is -0.387. The Bertz CT molecular complexity index is 870. The third-order valence-corrected chi connectivity index (χ3v) is 5.97. The van der Waals surface area contributed by atoms with E-state index < -0.39 is 0 Å². The van der Waals surface area contributed by atoms with Gasteiger partial charge in [0.1, 0.15) is 10.7 Å². The van der Waals surface area contributed by atoms with E-state index in [0.717, 1.165) is 36.1 Å². The third-order valence-electron chi connectivity index (χ3n) is 4.31. The van der Waals surface area contributed by atoms with Crippen molar-refractivity contribution in [1.82, 2.24) is 9.78 Å². The van der Waals surface area contributed by atoms with E-state index in [-0.39, 0.29) is 23.7 Å². The minimum absolute atomic E-state index is 0.223. The summed E-state index contributed by atoms with van der Waals surface area (Å²) in [5, 5.41) is 7.88. The summed E-state index contributed by atoms with van der Waals surface area (Å²) in [6.07, 6.45) is 3.65. The number of esters is 1. The van der Waals surface area contributed by atoms with Gasteiger partial charge in [0.05, 0.1) is 22.4 Å². The van der Waals surface area contributed by atoms with Crippen LogP contribution in [0.3, 0.4) is 0 Å². The molecule has 0 bridgehead atoms. The van der Waals surface area contributed by atoms with Crippen molar-refractivity contribution in [2.45, 2.75) is 52.6 Å². The molecule has 3 rings (SSSR count). The highest BCUT2D eigenvalue weighted by molar-refractivity contribution is 7.17. The predicted octanol–water partition coefficient (Wildman–Crippen LogP) is 4.14. The molecule has 8 heteroatoms. The molecular weight excluding hydrogens is 374 g/mol. The highest BCUT2D eigenvalue weighted by atomic mass is 35.5. The number of halogens is 1. The molecule has 1 aliphatic rings. The monoisotopic (exact) mass is 395 g/mol. The van der Waals surface area contributed by atoms with Gasteiger partial charge in [0.2, 0.25) is 0 Å². The number of aryl methyl sites for hydroxylation is 3. The summed E-state index contributed by atoms with van der Waals surface area (Å²) in [5.74, 6) is -0.766. The van der Waals surface area contributed by atoms with Gasteiger partial charge in [0, 0.05) is 11.9 Å². The van der Waals surface area contributed by atoms with Crippen LogP contribution < -0.4 is 5.32 Å². The normalized spacial score (nSPS) is 13.6. The van der Waals surface area contributed by atoms with Gasteiger partial charge in [0.15, 0.2) is 0 Å². The van der Waals surface area contributed by atoms with E-state index in [1.165, 1.54) is 16.0 Å². The van der Waals surface area contributed by atoms with Gasteiger partial charge in [-0.15, -0.1) is 11.3 Å². The zero-order valence-electron chi connectivity index (χ0n) is 15.3. The second-order valence-electron chi connectivity index (χ2n) is 6.69. The summed E-state index contributed by atoms with van der Waals surface area (Å²) in [5.41, 5.74) is 2.36. The first kappa shape index (κ1) is 18.9. The highest BCUT2D eigenvalue weighted by Crippen LogP contribution is 2.39. The van der Waals surface area contributed by atoms with Gasteiger partial charge in [-0.2, -0.15) is 5.10 Å². The van der Waals surface area contributed by atoms with Crippen LogP contribution in [0, 0.1) is 6.92 Å². The standard InChI is InChI=1S/C18H22ClN3O3S/c1-9(2)25-18(24)13-11-7-5-6-8-12(11)26-17(13)20-16(23)15-14(19)10(3)21-22(15)4/h9H,5-8H2,1-4H3,(H,20,23). The van der Waals surface area contributed by atoms with Gasteiger partial charge < -0.3 is 10.1 Å². The Morgan fingerprint density at radius 2 is 2.00 bits per heavy atom. The summed E-state index contributed by atoms with van der Waals surface area (Å²) < 4.78 is 6.86. The average Bonchev–Trinajstić information content (AvgIpc) is 3.03. The van der Waals surface area contributed by atoms with Gasteiger partial charge in [-0.3, -0.25) is 9.48 Å². The van der Waals surface area contributed by atoms with Crippen LogP contribution in [-0.2, 0) is 24.6 Å². The van der Waals surface area contributed by atoms with Crippen LogP contribution in [0.5, 0.6) is 0 Å². The predicted molar refractivity (Wildman–Crippen MR) is 102 cm³/mol. The number of anilines is 1. The van der Waals surface area contributed by atoms with Gasteiger partial charge in [-0.05, 0) is 52.0 Å². The molecule has 0 spiro atoms. The van der Waals surface area contributed by atoms with Crippen molar-refractivity contribution in [2.75, 3.05) is 5.32 Å². The Hall–Kier alpha value is -1.86. The summed E-state index contributed by atoms with van der Waals surface area (Å²) in [7, 11) is 1.67. The van der Waals surface area contributed by atoms with Crippen molar-refractivity contribution in [3.63, 3.8) is 0 Å². The molecule has 0 atom stereocenters. The average molecular weight is 396 g/mol. The summed E-state index contributed by atoms with van der Waals surface area (Å²) in [6.45, 7) is 5.37. The van der Waals surface area contributed by atoms with Crippen molar-refractivity contribution in [3.8, 4) is 0 Å². The zero-order chi connectivity index (χ0) is 19.0. The third kappa shape index (κ3) is 3.50. The van der Waals surface area contributed by atoms with Crippen LogP contribution in [0.4, 0.5) is 5.00 Å². The Kier molecular flexibility index (Phi) is 5.39. The van der Waals surface area contributed by atoms with Crippen LogP contribution in [0.1, 0.15) is 63.7 Å². The number of ether oxygens (including phenoxy) is 1. The number of hydrogen-bond donors (Lipinski definition) is 1. The van der Waals surface area contributed by atoms with E-state index in [1.54, 1.807) is 14.0 Å². The van der Waals surface area contributed by atoms with Crippen LogP contribution in [0.2, 0.25) is 5.02 Å². The first-order valence-corrected chi connectivity index (χ1v) is 9.85. The molecule has 0 aliphatic heterocycles. The van der Waals surface area contributed by atoms with Crippen LogP contribution in [0.15, 0.2) is 0 Å². The maximum atomic E-state index is 12.8. The lowest BCUT2D eigenvalue weighted by molar-refractivity contribution is 0.0378. The first-order chi connectivity index (χ1) is 12.3. The molecule has 1 amide bonds. The smallest absolute Gasteiger partial charge is 0.341 e. The number of aromatic nitrogens is 2. The summed E-state index contributed by atoms with van der Waals surface area (Å²) >= 11 is 7.67. The molecule has 0 saturated carbocycles. The van der Waals surface area contributed by atoms with Crippen molar-refractivity contribution in [1.29, 1.82) is 0 Å². The number of nitrogens with zero attached hydrogens (tertiary/aromatic N) is 2. The van der Waals surface area contributed by atoms with E-state index >= 15 is 0 Å². The maximum absolute atomic E-state index is 12.8. The number of carbonyl (C=O) groups excluding carboxylic acids is 2. The number of fused-ring (bicyclic) bond motifs is 1. The lowest BCUT2D eigenvalue weighted by atomic mass is 9.95. The quantitative estimate of drug-likeness (QED) is 0.789. The molecule has 2 aromatic heterocycles. The number of nitrogens with one attached hydrogen (secondary N) is 1. The lowest BCUT2D eigenvalue weighted by Gasteiger charge is -2.14. The van der Waals surface area contributed by atoms with E-state index in [0.29, 0.717) is 21.3 Å². The maximum Gasteiger partial charge on any atom is 0.341 e. The number of thiophene rings is 1. The van der Waals surface area contributed by atoms with Crippen molar-refractivity contribution >= 4 is 39.8 Å². The fourth-order valence-corrected chi connectivity index (χ4v) is 4.70. The summed E-state index contributed by atoms with van der Waals surface area (Å²) in [6, 6.07) is 0. The Morgan fingerprint density at radius 3 is 2.62 bits per heavy atom. The van der Waals surface area contributed by atoms with Crippen LogP contribution in [-0.4, -0.2) is 27.8 Å². The fraction of sp³-hybridized carbons (Fsp3) is 0.500. The van der Waals surface area contributed by atoms with Gasteiger partial charge in [-0.1, -0.05) is 11.6 Å². The van der Waals surface area contributed by atoms with Crippen molar-refractivity contribution < 1.29 is 14.3 Å². The van der Waals surface area contributed by atoms with Crippen LogP contribution in [0.25, 0.3) is 0 Å². The molecule has 0 saturated heterocycles. The zero-order valence-corrected chi connectivity index (χ0v) is 16.9. The molecule has 1 N–H and O–H groups in total. The second-order valence-corrected chi connectivity index (χ2v) is 8.18. The molecule has 140 valence electrons. The highest BCUT2D eigenvalue weighted by Gasteiger charge is 2.29. The molecule has 2 heterocycles. The summed E-state index contributed by atoms with van der Waals surface area (Å²) in [4.78, 5) is 26.6. The number of hydrogen-bond acceptors (Lipinski definition) is 5. The minimum Gasteiger partial charge on any atom is -0.459 e. The van der Waals surface area contributed by atoms with E-state index in [4.69, 9.17) is 16.3 Å². The first-order valence-electron chi connectivity index (χ1n) is 8.65. The molecule has 0 aromatic carbocycles. The van der Waals surface area contributed by atoms with Gasteiger partial charge in [-0.25, -0.2) is 4.79 Å². The molecule has 26 heavy (non-hydrogen) atoms. The molecule has 0 fully saturated rings. The second kappa shape index (κ2) is 7.40. The topological polar surface area (TPSA) is 73.2 Å². The van der Waals surface area contributed by atoms with E-state index in [2.05, 4.69) is 10.4 Å². The van der Waals surface area contributed by atoms with Crippen molar-refractivity contribution in [2.24, 2.45) is 7.05 Å². The Balaban J connectivity index is 1.98. The largest absolute Gasteiger partial charge is 0.459 e. The molecule has 0 unspecified atom stereocenters. The molecule has 2 aromatic rings. The van der Waals surface area contributed by atoms with Crippen LogP contribution >= 0.6 is 22.9 Å². The fourth-order valence-electron chi connectivity index (χ4n) is 3.18. The van der Waals surface area contributed by atoms with E-state index in [1.807, 2.05) is 13.8 Å². The number of amides is 1. The number of carbonyl (C=O) groups is 2. The van der Waals surface area contributed by atoms with Crippen molar-refractivity contribution in [3.05, 3.63) is 32.4 Å². The van der Waals surface area contributed by atoms with E-state index in [9.17, 15) is 9.59 Å². The SMILES string of the molecule is Cc1nn(C)c(C(=O)Nc2sc3c(c2C(=O)OC(C)C)CCCC3)c1Cl.